The number of aromatic amines is 1. The van der Waals surface area contributed by atoms with Crippen LogP contribution in [0.25, 0.3) is 10.9 Å². The lowest BCUT2D eigenvalue weighted by Crippen LogP contribution is -2.39. The van der Waals surface area contributed by atoms with Gasteiger partial charge in [-0.05, 0) is 73.2 Å². The third kappa shape index (κ3) is 6.43. The van der Waals surface area contributed by atoms with Crippen LogP contribution in [0.3, 0.4) is 0 Å². The average Bonchev–Trinajstić information content (AvgIpc) is 3.59. The molecule has 2 aliphatic rings. The van der Waals surface area contributed by atoms with Crippen molar-refractivity contribution >= 4 is 10.9 Å². The molecule has 0 radical (unpaired) electrons. The predicted molar refractivity (Wildman–Crippen MR) is 141 cm³/mol. The van der Waals surface area contributed by atoms with Gasteiger partial charge in [0.2, 0.25) is 0 Å². The summed E-state index contributed by atoms with van der Waals surface area (Å²) < 4.78 is 13.3. The fraction of sp³-hybridized carbons (Fsp3) is 0.630. The number of morpholine rings is 1. The molecule has 0 amide bonds. The molecule has 2 unspecified atom stereocenters. The number of hydrogen-bond donors (Lipinski definition) is 1. The first kappa shape index (κ1) is 26.0. The molecule has 37 heavy (non-hydrogen) atoms. The predicted octanol–water partition coefficient (Wildman–Crippen LogP) is 2.68. The van der Waals surface area contributed by atoms with Crippen LogP contribution >= 0.6 is 0 Å². The third-order valence-corrected chi connectivity index (χ3v) is 7.56. The van der Waals surface area contributed by atoms with Crippen LogP contribution in [0.5, 0.6) is 0 Å². The maximum atomic E-state index is 13.1. The van der Waals surface area contributed by atoms with E-state index in [4.69, 9.17) is 9.47 Å². The molecule has 10 heteroatoms. The van der Waals surface area contributed by atoms with Crippen LogP contribution < -0.4 is 5.56 Å². The molecule has 1 aromatic carbocycles. The summed E-state index contributed by atoms with van der Waals surface area (Å²) in [6.45, 7) is 11.6. The largest absolute Gasteiger partial charge is 0.379 e. The van der Waals surface area contributed by atoms with Gasteiger partial charge in [-0.1, -0.05) is 18.6 Å². The number of H-pyrrole nitrogens is 1. The van der Waals surface area contributed by atoms with Gasteiger partial charge in [-0.2, -0.15) is 0 Å². The zero-order valence-corrected chi connectivity index (χ0v) is 22.1. The molecule has 0 aliphatic carbocycles. The normalized spacial score (nSPS) is 19.7. The number of hydrogen-bond acceptors (Lipinski definition) is 8. The second-order valence-corrected chi connectivity index (χ2v) is 10.3. The zero-order chi connectivity index (χ0) is 25.6. The van der Waals surface area contributed by atoms with Crippen LogP contribution in [-0.2, 0) is 22.6 Å². The van der Waals surface area contributed by atoms with Gasteiger partial charge in [0.25, 0.3) is 5.56 Å². The van der Waals surface area contributed by atoms with E-state index in [1.165, 1.54) is 5.56 Å². The van der Waals surface area contributed by atoms with Crippen molar-refractivity contribution in [2.24, 2.45) is 0 Å². The first-order chi connectivity index (χ1) is 18.1. The molecule has 5 rings (SSSR count). The van der Waals surface area contributed by atoms with E-state index in [1.54, 1.807) is 0 Å². The van der Waals surface area contributed by atoms with Gasteiger partial charge in [0, 0.05) is 43.9 Å². The highest BCUT2D eigenvalue weighted by Gasteiger charge is 2.27. The monoisotopic (exact) mass is 509 g/mol. The zero-order valence-electron chi connectivity index (χ0n) is 22.1. The molecule has 2 fully saturated rings. The lowest BCUT2D eigenvalue weighted by Gasteiger charge is -2.32. The van der Waals surface area contributed by atoms with E-state index in [2.05, 4.69) is 50.2 Å². The van der Waals surface area contributed by atoms with Gasteiger partial charge in [-0.15, -0.1) is 5.10 Å². The maximum Gasteiger partial charge on any atom is 0.252 e. The number of aromatic nitrogens is 5. The molecule has 3 aromatic rings. The number of pyridine rings is 1. The van der Waals surface area contributed by atoms with Crippen LogP contribution in [0.1, 0.15) is 55.6 Å². The molecule has 4 heterocycles. The van der Waals surface area contributed by atoms with Crippen LogP contribution in [0, 0.1) is 6.92 Å². The smallest absolute Gasteiger partial charge is 0.252 e. The van der Waals surface area contributed by atoms with E-state index < -0.39 is 0 Å². The Balaban J connectivity index is 1.39. The number of nitrogens with zero attached hydrogens (tertiary/aromatic N) is 6. The summed E-state index contributed by atoms with van der Waals surface area (Å²) in [6, 6.07) is 8.16. The summed E-state index contributed by atoms with van der Waals surface area (Å²) in [5.74, 6) is 0.845. The molecule has 2 atom stereocenters. The summed E-state index contributed by atoms with van der Waals surface area (Å²) in [5.41, 5.74) is 2.77. The number of fused-ring (bicyclic) bond motifs is 1. The quantitative estimate of drug-likeness (QED) is 0.421. The van der Waals surface area contributed by atoms with Crippen molar-refractivity contribution in [3.8, 4) is 0 Å². The van der Waals surface area contributed by atoms with E-state index in [9.17, 15) is 4.79 Å². The first-order valence-electron chi connectivity index (χ1n) is 13.6. The number of rotatable bonds is 11. The molecule has 1 N–H and O–H groups in total. The molecule has 0 bridgehead atoms. The van der Waals surface area contributed by atoms with Gasteiger partial charge in [0.15, 0.2) is 5.82 Å². The Labute approximate surface area is 217 Å². The molecule has 200 valence electrons. The topological polar surface area (TPSA) is 101 Å². The van der Waals surface area contributed by atoms with Crippen molar-refractivity contribution in [3.05, 3.63) is 51.6 Å². The van der Waals surface area contributed by atoms with Gasteiger partial charge < -0.3 is 14.5 Å². The molecular formula is C27H39N7O3. The molecule has 0 spiro atoms. The number of ether oxygens (including phenoxy) is 2. The van der Waals surface area contributed by atoms with Gasteiger partial charge in [-0.25, -0.2) is 4.68 Å². The highest BCUT2D eigenvalue weighted by Crippen LogP contribution is 2.26. The molecule has 0 saturated carbocycles. The van der Waals surface area contributed by atoms with Gasteiger partial charge in [0.05, 0.1) is 31.9 Å². The Morgan fingerprint density at radius 2 is 2.08 bits per heavy atom. The van der Waals surface area contributed by atoms with Gasteiger partial charge >= 0.3 is 0 Å². The summed E-state index contributed by atoms with van der Waals surface area (Å²) in [7, 11) is 0. The summed E-state index contributed by atoms with van der Waals surface area (Å²) in [4.78, 5) is 21.0. The summed E-state index contributed by atoms with van der Waals surface area (Å²) in [5, 5.41) is 13.9. The second-order valence-electron chi connectivity index (χ2n) is 10.3. The van der Waals surface area contributed by atoms with E-state index >= 15 is 0 Å². The minimum atomic E-state index is -0.0386. The Morgan fingerprint density at radius 3 is 2.86 bits per heavy atom. The molecule has 2 aromatic heterocycles. The highest BCUT2D eigenvalue weighted by atomic mass is 16.5. The van der Waals surface area contributed by atoms with Crippen molar-refractivity contribution in [1.82, 2.24) is 35.0 Å². The van der Waals surface area contributed by atoms with Crippen LogP contribution in [0.2, 0.25) is 0 Å². The van der Waals surface area contributed by atoms with Crippen LogP contribution in [0.15, 0.2) is 29.1 Å². The Kier molecular flexibility index (Phi) is 8.60. The van der Waals surface area contributed by atoms with Crippen molar-refractivity contribution in [3.63, 3.8) is 0 Å². The van der Waals surface area contributed by atoms with Gasteiger partial charge in [-0.3, -0.25) is 14.6 Å². The molecular weight excluding hydrogens is 470 g/mol. The van der Waals surface area contributed by atoms with E-state index in [0.717, 1.165) is 94.0 Å². The lowest BCUT2D eigenvalue weighted by molar-refractivity contribution is 0.0348. The van der Waals surface area contributed by atoms with Crippen molar-refractivity contribution in [2.75, 3.05) is 46.0 Å². The van der Waals surface area contributed by atoms with E-state index in [1.807, 2.05) is 22.9 Å². The number of nitrogens with one attached hydrogen (secondary N) is 1. The minimum Gasteiger partial charge on any atom is -0.379 e. The van der Waals surface area contributed by atoms with Crippen molar-refractivity contribution in [2.45, 2.75) is 64.8 Å². The highest BCUT2D eigenvalue weighted by molar-refractivity contribution is 5.79. The second kappa shape index (κ2) is 12.3. The maximum absolute atomic E-state index is 13.1. The number of tetrazole rings is 1. The fourth-order valence-corrected chi connectivity index (χ4v) is 5.54. The van der Waals surface area contributed by atoms with Crippen molar-refractivity contribution in [1.29, 1.82) is 0 Å². The number of aryl methyl sites for hydroxylation is 1. The lowest BCUT2D eigenvalue weighted by atomic mass is 10.1. The summed E-state index contributed by atoms with van der Waals surface area (Å²) in [6.07, 6.45) is 4.10. The molecule has 2 saturated heterocycles. The Morgan fingerprint density at radius 1 is 1.22 bits per heavy atom. The Hall–Kier alpha value is -2.66. The van der Waals surface area contributed by atoms with Crippen molar-refractivity contribution < 1.29 is 9.47 Å². The van der Waals surface area contributed by atoms with E-state index in [-0.39, 0.29) is 17.7 Å². The molecule has 10 nitrogen and oxygen atoms in total. The number of benzene rings is 1. The average molecular weight is 510 g/mol. The van der Waals surface area contributed by atoms with E-state index in [0.29, 0.717) is 13.1 Å². The van der Waals surface area contributed by atoms with Crippen LogP contribution in [0.4, 0.5) is 0 Å². The molecule has 2 aliphatic heterocycles. The Bertz CT molecular complexity index is 1210. The minimum absolute atomic E-state index is 0.00583. The SMILES string of the molecule is CCC(c1nnnn1CC1CCCO1)N(CCCN1CCOCC1)Cc1cc2cc(C)ccc2[nH]c1=O. The first-order valence-corrected chi connectivity index (χ1v) is 13.6. The fourth-order valence-electron chi connectivity index (χ4n) is 5.54. The third-order valence-electron chi connectivity index (χ3n) is 7.56. The van der Waals surface area contributed by atoms with Crippen LogP contribution in [-0.4, -0.2) is 87.1 Å². The van der Waals surface area contributed by atoms with Gasteiger partial charge in [0.1, 0.15) is 0 Å². The summed E-state index contributed by atoms with van der Waals surface area (Å²) >= 11 is 0. The standard InChI is InChI=1S/C27H39N7O3/c1-3-25(26-29-30-31-34(26)19-23-6-4-13-37-23)33(10-5-9-32-11-14-36-15-12-32)18-22-17-21-16-20(2)7-8-24(21)28-27(22)35/h7-8,16-17,23,25H,3-6,9-15,18-19H2,1-2H3,(H,28,35).